The Hall–Kier alpha value is -3.80. The maximum absolute atomic E-state index is 15.6. The van der Waals surface area contributed by atoms with Gasteiger partial charge in [-0.3, -0.25) is 4.79 Å². The number of dihydropyridines is 1. The number of allylic oxidation sites excluding steroid dienone is 1. The van der Waals surface area contributed by atoms with Gasteiger partial charge in [0.05, 0.1) is 70.5 Å². The lowest BCUT2D eigenvalue weighted by Gasteiger charge is -2.34. The molecule has 0 bridgehead atoms. The van der Waals surface area contributed by atoms with Crippen molar-refractivity contribution in [2.24, 2.45) is 0 Å². The quantitative estimate of drug-likeness (QED) is 0.120. The van der Waals surface area contributed by atoms with Gasteiger partial charge in [0.2, 0.25) is 0 Å². The predicted octanol–water partition coefficient (Wildman–Crippen LogP) is 5.21. The van der Waals surface area contributed by atoms with E-state index in [4.69, 9.17) is 30.5 Å². The monoisotopic (exact) mass is 776 g/mol. The molecular weight excluding hydrogens is 747 g/mol. The highest BCUT2D eigenvalue weighted by Crippen LogP contribution is 2.48. The van der Waals surface area contributed by atoms with Crippen LogP contribution in [0.5, 0.6) is 0 Å². The summed E-state index contributed by atoms with van der Waals surface area (Å²) in [6.45, 7) is -2.49. The van der Waals surface area contributed by atoms with Crippen LogP contribution >= 0.6 is 35.1 Å². The van der Waals surface area contributed by atoms with E-state index >= 15 is 4.39 Å². The molecule has 3 heterocycles. The number of esters is 3. The van der Waals surface area contributed by atoms with E-state index in [1.54, 1.807) is 23.9 Å². The summed E-state index contributed by atoms with van der Waals surface area (Å²) in [5.74, 6) is -5.44. The Morgan fingerprint density at radius 2 is 1.51 bits per heavy atom. The van der Waals surface area contributed by atoms with Crippen LogP contribution in [0.25, 0.3) is 0 Å². The first-order valence-corrected chi connectivity index (χ1v) is 18.0. The normalized spacial score (nSPS) is 18.0. The highest BCUT2D eigenvalue weighted by Gasteiger charge is 2.47. The van der Waals surface area contributed by atoms with Crippen LogP contribution in [0, 0.1) is 5.82 Å². The first kappa shape index (κ1) is 38.4. The number of ether oxygens (including phenoxy) is 4. The number of rotatable bonds is 13. The smallest absolute Gasteiger partial charge is 0.418 e. The Morgan fingerprint density at radius 3 is 2.08 bits per heavy atom. The Kier molecular flexibility index (Phi) is 12.6. The lowest BCUT2D eigenvalue weighted by atomic mass is 9.78. The van der Waals surface area contributed by atoms with E-state index in [1.165, 1.54) is 23.9 Å². The highest BCUT2D eigenvalue weighted by atomic mass is 35.5. The second-order valence-electron chi connectivity index (χ2n) is 11.3. The van der Waals surface area contributed by atoms with Crippen LogP contribution in [0.2, 0.25) is 5.02 Å². The minimum absolute atomic E-state index is 0.0465. The number of hydrogen-bond donors (Lipinski definition) is 2. The second kappa shape index (κ2) is 16.7. The van der Waals surface area contributed by atoms with Gasteiger partial charge >= 0.3 is 24.1 Å². The van der Waals surface area contributed by atoms with Crippen molar-refractivity contribution in [3.05, 3.63) is 92.0 Å². The van der Waals surface area contributed by atoms with Gasteiger partial charge in [-0.1, -0.05) is 23.7 Å². The zero-order chi connectivity index (χ0) is 36.9. The van der Waals surface area contributed by atoms with E-state index in [0.29, 0.717) is 35.1 Å². The van der Waals surface area contributed by atoms with Crippen molar-refractivity contribution < 1.29 is 60.1 Å². The number of alkyl halides is 4. The van der Waals surface area contributed by atoms with Crippen molar-refractivity contribution in [1.82, 2.24) is 10.6 Å². The minimum atomic E-state index is -5.28. The SMILES string of the molecule is COC(=O)C1=C(CF)NC(COCCNC(=O)c2ccccc2C(=O)OC2CSC2)=C(C(=O)OC2CSC2)C1c1c(F)ccc(Cl)c1C(F)(F)F. The van der Waals surface area contributed by atoms with Crippen molar-refractivity contribution in [3.63, 3.8) is 0 Å². The number of hydrogen-bond acceptors (Lipinski definition) is 11. The maximum atomic E-state index is 15.6. The molecular formula is C33H30ClF5N2O8S2. The van der Waals surface area contributed by atoms with Crippen LogP contribution in [0.4, 0.5) is 22.0 Å². The zero-order valence-corrected chi connectivity index (χ0v) is 29.1. The Labute approximate surface area is 301 Å². The molecule has 2 aromatic carbocycles. The van der Waals surface area contributed by atoms with Crippen molar-refractivity contribution in [2.75, 3.05) is 56.6 Å². The van der Waals surface area contributed by atoms with Crippen molar-refractivity contribution in [1.29, 1.82) is 0 Å². The molecule has 0 saturated carbocycles. The Balaban J connectivity index is 1.43. The van der Waals surface area contributed by atoms with Gasteiger partial charge in [-0.2, -0.15) is 36.7 Å². The first-order chi connectivity index (χ1) is 24.3. The van der Waals surface area contributed by atoms with Crippen LogP contribution in [0.3, 0.4) is 0 Å². The molecule has 1 amide bonds. The van der Waals surface area contributed by atoms with Gasteiger partial charge in [0.25, 0.3) is 5.91 Å². The molecule has 2 N–H and O–H groups in total. The summed E-state index contributed by atoms with van der Waals surface area (Å²) in [6, 6.07) is 7.33. The van der Waals surface area contributed by atoms with Crippen LogP contribution in [0.15, 0.2) is 58.9 Å². The number of carbonyl (C=O) groups is 4. The summed E-state index contributed by atoms with van der Waals surface area (Å²) in [5, 5.41) is 4.20. The summed E-state index contributed by atoms with van der Waals surface area (Å²) in [4.78, 5) is 52.4. The van der Waals surface area contributed by atoms with Crippen molar-refractivity contribution >= 4 is 58.9 Å². The molecule has 18 heteroatoms. The molecule has 0 spiro atoms. The number of carbonyl (C=O) groups excluding carboxylic acids is 4. The van der Waals surface area contributed by atoms with Crippen LogP contribution in [-0.4, -0.2) is 92.6 Å². The first-order valence-electron chi connectivity index (χ1n) is 15.3. The van der Waals surface area contributed by atoms with E-state index in [-0.39, 0.29) is 36.1 Å². The van der Waals surface area contributed by atoms with Gasteiger partial charge in [0.1, 0.15) is 24.7 Å². The van der Waals surface area contributed by atoms with Crippen LogP contribution in [-0.2, 0) is 34.7 Å². The molecule has 10 nitrogen and oxygen atoms in total. The zero-order valence-electron chi connectivity index (χ0n) is 26.7. The summed E-state index contributed by atoms with van der Waals surface area (Å²) in [7, 11) is 0.885. The van der Waals surface area contributed by atoms with Crippen LogP contribution < -0.4 is 10.6 Å². The summed E-state index contributed by atoms with van der Waals surface area (Å²) < 4.78 is 94.8. The molecule has 2 aromatic rings. The fraction of sp³-hybridized carbons (Fsp3) is 0.394. The molecule has 51 heavy (non-hydrogen) atoms. The predicted molar refractivity (Wildman–Crippen MR) is 178 cm³/mol. The van der Waals surface area contributed by atoms with Gasteiger partial charge in [-0.05, 0) is 24.3 Å². The fourth-order valence-electron chi connectivity index (χ4n) is 5.41. The minimum Gasteiger partial charge on any atom is -0.466 e. The van der Waals surface area contributed by atoms with Crippen molar-refractivity contribution in [3.8, 4) is 0 Å². The molecule has 1 atom stereocenters. The largest absolute Gasteiger partial charge is 0.466 e. The number of nitrogens with one attached hydrogen (secondary N) is 2. The molecule has 2 saturated heterocycles. The molecule has 5 rings (SSSR count). The van der Waals surface area contributed by atoms with E-state index in [2.05, 4.69) is 10.6 Å². The molecule has 274 valence electrons. The van der Waals surface area contributed by atoms with E-state index in [0.717, 1.165) is 7.11 Å². The molecule has 0 radical (unpaired) electrons. The lowest BCUT2D eigenvalue weighted by Crippen LogP contribution is -2.39. The van der Waals surface area contributed by atoms with Gasteiger partial charge < -0.3 is 29.6 Å². The topological polar surface area (TPSA) is 129 Å². The summed E-state index contributed by atoms with van der Waals surface area (Å²) in [5.41, 5.74) is -5.17. The van der Waals surface area contributed by atoms with E-state index in [9.17, 15) is 36.7 Å². The number of benzene rings is 2. The maximum Gasteiger partial charge on any atom is 0.418 e. The Bertz CT molecular complexity index is 1760. The average molecular weight is 777 g/mol. The fourth-order valence-corrected chi connectivity index (χ4v) is 6.81. The lowest BCUT2D eigenvalue weighted by molar-refractivity contribution is -0.144. The van der Waals surface area contributed by atoms with E-state index < -0.39 is 94.1 Å². The number of amides is 1. The Morgan fingerprint density at radius 1 is 0.902 bits per heavy atom. The number of thioether (sulfide) groups is 2. The van der Waals surface area contributed by atoms with Gasteiger partial charge in [-0.25, -0.2) is 23.2 Å². The molecule has 3 aliphatic heterocycles. The summed E-state index contributed by atoms with van der Waals surface area (Å²) in [6.07, 6.45) is -6.16. The molecule has 1 unspecified atom stereocenters. The average Bonchev–Trinajstić information content (AvgIpc) is 3.06. The third-order valence-corrected chi connectivity index (χ3v) is 10.7. The molecule has 0 aromatic heterocycles. The molecule has 3 aliphatic rings. The van der Waals surface area contributed by atoms with Crippen molar-refractivity contribution in [2.45, 2.75) is 24.3 Å². The summed E-state index contributed by atoms with van der Waals surface area (Å²) >= 11 is 8.98. The third-order valence-electron chi connectivity index (χ3n) is 7.93. The van der Waals surface area contributed by atoms with Gasteiger partial charge in [0, 0.05) is 35.1 Å². The molecule has 2 fully saturated rings. The third kappa shape index (κ3) is 8.64. The van der Waals surface area contributed by atoms with Gasteiger partial charge in [-0.15, -0.1) is 0 Å². The molecule has 0 aliphatic carbocycles. The second-order valence-corrected chi connectivity index (χ2v) is 13.8. The number of methoxy groups -OCH3 is 1. The van der Waals surface area contributed by atoms with Crippen LogP contribution in [0.1, 0.15) is 37.8 Å². The standard InChI is InChI=1S/C33H30ClF5N2O8S2/c1-46-31(44)25-22(10-35)41-23(11-47-9-8-40-29(42)18-4-2-3-5-19(18)30(43)48-16-12-50-13-16)26(32(45)49-17-14-51-15-17)27(25)24-21(36)7-6-20(34)28(24)33(37,38)39/h2-7,16-17,27,41H,8-15H2,1H3,(H,40,42). The highest BCUT2D eigenvalue weighted by molar-refractivity contribution is 8.01. The van der Waals surface area contributed by atoms with Gasteiger partial charge in [0.15, 0.2) is 0 Å². The van der Waals surface area contributed by atoms with E-state index in [1.807, 2.05) is 0 Å². The number of halogens is 6.